The number of aromatic nitrogens is 5. The van der Waals surface area contributed by atoms with Crippen LogP contribution in [0.1, 0.15) is 17.4 Å². The van der Waals surface area contributed by atoms with Gasteiger partial charge in [0.2, 0.25) is 0 Å². The number of pyridine rings is 2. The van der Waals surface area contributed by atoms with Crippen LogP contribution in [-0.2, 0) is 9.84 Å². The summed E-state index contributed by atoms with van der Waals surface area (Å²) in [5, 5.41) is 13.3. The first-order valence-electron chi connectivity index (χ1n) is 10.7. The SMILES string of the molecule is CNc1cc(Nc2cccn(-c3ccccn3)c2=O)nn2c(C(=O)NC3(C)CS(=O)(=O)C3)cnc12. The summed E-state index contributed by atoms with van der Waals surface area (Å²) in [5.74, 6) is 0.0174. The van der Waals surface area contributed by atoms with E-state index in [0.29, 0.717) is 23.0 Å². The number of carbonyl (C=O) groups is 1. The number of amides is 1. The van der Waals surface area contributed by atoms with E-state index in [-0.39, 0.29) is 28.4 Å². The molecule has 1 saturated heterocycles. The quantitative estimate of drug-likeness (QED) is 0.356. The first-order valence-corrected chi connectivity index (χ1v) is 12.5. The number of hydrogen-bond donors (Lipinski definition) is 3. The van der Waals surface area contributed by atoms with Crippen LogP contribution in [-0.4, -0.2) is 62.6 Å². The minimum Gasteiger partial charge on any atom is -0.385 e. The van der Waals surface area contributed by atoms with E-state index >= 15 is 0 Å². The average Bonchev–Trinajstić information content (AvgIpc) is 3.23. The van der Waals surface area contributed by atoms with Gasteiger partial charge in [-0.25, -0.2) is 22.9 Å². The zero-order chi connectivity index (χ0) is 24.8. The number of nitrogens with zero attached hydrogens (tertiary/aromatic N) is 5. The van der Waals surface area contributed by atoms with E-state index in [1.807, 2.05) is 0 Å². The van der Waals surface area contributed by atoms with E-state index in [0.717, 1.165) is 0 Å². The fraction of sp³-hybridized carbons (Fsp3) is 0.227. The molecule has 0 aliphatic carbocycles. The summed E-state index contributed by atoms with van der Waals surface area (Å²) in [6.45, 7) is 1.68. The van der Waals surface area contributed by atoms with Gasteiger partial charge in [-0.15, -0.1) is 5.10 Å². The molecule has 4 aromatic rings. The Kier molecular flexibility index (Phi) is 5.28. The molecule has 1 amide bonds. The van der Waals surface area contributed by atoms with E-state index in [1.165, 1.54) is 15.3 Å². The maximum absolute atomic E-state index is 13.1. The van der Waals surface area contributed by atoms with Crippen LogP contribution >= 0.6 is 0 Å². The molecule has 1 fully saturated rings. The normalized spacial score (nSPS) is 15.8. The van der Waals surface area contributed by atoms with Crippen molar-refractivity contribution >= 4 is 38.6 Å². The van der Waals surface area contributed by atoms with Gasteiger partial charge < -0.3 is 16.0 Å². The van der Waals surface area contributed by atoms with Crippen molar-refractivity contribution in [1.82, 2.24) is 29.5 Å². The highest BCUT2D eigenvalue weighted by Crippen LogP contribution is 2.25. The first-order chi connectivity index (χ1) is 16.7. The third-order valence-corrected chi connectivity index (χ3v) is 7.72. The molecule has 0 radical (unpaired) electrons. The van der Waals surface area contributed by atoms with Crippen molar-refractivity contribution in [3.8, 4) is 5.82 Å². The molecule has 0 saturated carbocycles. The van der Waals surface area contributed by atoms with Gasteiger partial charge in [-0.05, 0) is 31.2 Å². The Hall–Kier alpha value is -4.26. The summed E-state index contributed by atoms with van der Waals surface area (Å²) >= 11 is 0. The number of imidazole rings is 1. The molecule has 1 aliphatic rings. The lowest BCUT2D eigenvalue weighted by Gasteiger charge is -2.38. The van der Waals surface area contributed by atoms with Gasteiger partial charge in [0.15, 0.2) is 27.0 Å². The number of anilines is 3. The minimum atomic E-state index is -3.13. The molecule has 12 nitrogen and oxygen atoms in total. The lowest BCUT2D eigenvalue weighted by Crippen LogP contribution is -2.63. The number of carbonyl (C=O) groups excluding carboxylic acids is 1. The summed E-state index contributed by atoms with van der Waals surface area (Å²) in [6.07, 6.45) is 4.59. The highest BCUT2D eigenvalue weighted by atomic mass is 32.2. The smallest absolute Gasteiger partial charge is 0.279 e. The van der Waals surface area contributed by atoms with Crippen molar-refractivity contribution in [3.05, 3.63) is 71.0 Å². The van der Waals surface area contributed by atoms with E-state index in [4.69, 9.17) is 0 Å². The largest absolute Gasteiger partial charge is 0.385 e. The lowest BCUT2D eigenvalue weighted by atomic mass is 10.1. The monoisotopic (exact) mass is 494 g/mol. The Balaban J connectivity index is 1.49. The van der Waals surface area contributed by atoms with Crippen LogP contribution in [0.3, 0.4) is 0 Å². The highest BCUT2D eigenvalue weighted by Gasteiger charge is 2.46. The topological polar surface area (TPSA) is 152 Å². The first kappa shape index (κ1) is 22.5. The molecule has 35 heavy (non-hydrogen) atoms. The fourth-order valence-corrected chi connectivity index (χ4v) is 6.11. The van der Waals surface area contributed by atoms with E-state index in [1.54, 1.807) is 62.8 Å². The Morgan fingerprint density at radius 2 is 1.91 bits per heavy atom. The van der Waals surface area contributed by atoms with Crippen LogP contribution in [0.4, 0.5) is 17.2 Å². The maximum atomic E-state index is 13.1. The summed E-state index contributed by atoms with van der Waals surface area (Å²) in [6, 6.07) is 10.3. The molecule has 13 heteroatoms. The number of hydrogen-bond acceptors (Lipinski definition) is 9. The van der Waals surface area contributed by atoms with Crippen LogP contribution in [0, 0.1) is 0 Å². The van der Waals surface area contributed by atoms with Crippen molar-refractivity contribution in [2.45, 2.75) is 12.5 Å². The third kappa shape index (κ3) is 4.21. The highest BCUT2D eigenvalue weighted by molar-refractivity contribution is 7.93. The van der Waals surface area contributed by atoms with E-state index < -0.39 is 21.3 Å². The molecule has 180 valence electrons. The average molecular weight is 495 g/mol. The number of fused-ring (bicyclic) bond motifs is 1. The van der Waals surface area contributed by atoms with Gasteiger partial charge in [-0.3, -0.25) is 14.2 Å². The summed E-state index contributed by atoms with van der Waals surface area (Å²) in [4.78, 5) is 34.5. The maximum Gasteiger partial charge on any atom is 0.279 e. The van der Waals surface area contributed by atoms with E-state index in [2.05, 4.69) is 31.0 Å². The van der Waals surface area contributed by atoms with Gasteiger partial charge in [0.1, 0.15) is 11.5 Å². The van der Waals surface area contributed by atoms with Crippen molar-refractivity contribution in [2.75, 3.05) is 29.2 Å². The summed E-state index contributed by atoms with van der Waals surface area (Å²) < 4.78 is 25.9. The van der Waals surface area contributed by atoms with Crippen molar-refractivity contribution in [2.24, 2.45) is 0 Å². The van der Waals surface area contributed by atoms with Gasteiger partial charge in [-0.2, -0.15) is 0 Å². The third-order valence-electron chi connectivity index (χ3n) is 5.57. The Morgan fingerprint density at radius 1 is 1.11 bits per heavy atom. The van der Waals surface area contributed by atoms with Crippen LogP contribution in [0.5, 0.6) is 0 Å². The molecule has 0 unspecified atom stereocenters. The zero-order valence-electron chi connectivity index (χ0n) is 18.9. The standard InChI is InChI=1S/C22H22N8O4S/c1-22(12-35(33,34)13-22)27-20(31)16-11-25-19-15(23-2)10-17(28-30(16)19)26-14-6-5-9-29(21(14)32)18-7-3-4-8-24-18/h3-11,23H,12-13H2,1-2H3,(H,26,28)(H,27,31). The molecule has 1 aliphatic heterocycles. The molecule has 0 aromatic carbocycles. The number of nitrogens with one attached hydrogen (secondary N) is 3. The molecule has 5 heterocycles. The van der Waals surface area contributed by atoms with E-state index in [9.17, 15) is 18.0 Å². The molecular formula is C22H22N8O4S. The van der Waals surface area contributed by atoms with Crippen LogP contribution < -0.4 is 21.5 Å². The molecule has 0 atom stereocenters. The molecule has 0 spiro atoms. The Morgan fingerprint density at radius 3 is 2.60 bits per heavy atom. The van der Waals surface area contributed by atoms with Gasteiger partial charge >= 0.3 is 0 Å². The van der Waals surface area contributed by atoms with Gasteiger partial charge in [0.25, 0.3) is 11.5 Å². The van der Waals surface area contributed by atoms with Crippen LogP contribution in [0.25, 0.3) is 11.5 Å². The van der Waals surface area contributed by atoms with Crippen molar-refractivity contribution in [3.63, 3.8) is 0 Å². The van der Waals surface area contributed by atoms with Crippen molar-refractivity contribution in [1.29, 1.82) is 0 Å². The second-order valence-electron chi connectivity index (χ2n) is 8.53. The van der Waals surface area contributed by atoms with Gasteiger partial charge in [-0.1, -0.05) is 6.07 Å². The Labute approximate surface area is 200 Å². The van der Waals surface area contributed by atoms with Gasteiger partial charge in [0.05, 0.1) is 28.9 Å². The van der Waals surface area contributed by atoms with Gasteiger partial charge in [0, 0.05) is 25.5 Å². The molecule has 3 N–H and O–H groups in total. The zero-order valence-corrected chi connectivity index (χ0v) is 19.7. The fourth-order valence-electron chi connectivity index (χ4n) is 4.11. The van der Waals surface area contributed by atoms with Crippen LogP contribution in [0.2, 0.25) is 0 Å². The molecule has 0 bridgehead atoms. The summed E-state index contributed by atoms with van der Waals surface area (Å²) in [5.41, 5.74) is 0.174. The predicted molar refractivity (Wildman–Crippen MR) is 130 cm³/mol. The molecular weight excluding hydrogens is 472 g/mol. The molecule has 5 rings (SSSR count). The summed E-state index contributed by atoms with van der Waals surface area (Å²) in [7, 11) is -1.44. The Bertz CT molecular complexity index is 1600. The molecule has 4 aromatic heterocycles. The number of sulfone groups is 1. The number of rotatable bonds is 6. The minimum absolute atomic E-state index is 0.124. The predicted octanol–water partition coefficient (Wildman–Crippen LogP) is 0.977. The lowest BCUT2D eigenvalue weighted by molar-refractivity contribution is 0.0909. The van der Waals surface area contributed by atoms with Crippen LogP contribution in [0.15, 0.2) is 59.8 Å². The second-order valence-corrected chi connectivity index (χ2v) is 10.6. The van der Waals surface area contributed by atoms with Crippen molar-refractivity contribution < 1.29 is 13.2 Å². The second kappa shape index (κ2) is 8.20.